The van der Waals surface area contributed by atoms with Crippen LogP contribution in [-0.2, 0) is 17.8 Å². The van der Waals surface area contributed by atoms with Gasteiger partial charge in [0.1, 0.15) is 0 Å². The first-order valence-electron chi connectivity index (χ1n) is 10.2. The van der Waals surface area contributed by atoms with Gasteiger partial charge in [0.2, 0.25) is 0 Å². The lowest BCUT2D eigenvalue weighted by atomic mass is 10.1. The van der Waals surface area contributed by atoms with Crippen LogP contribution in [0, 0.1) is 0 Å². The van der Waals surface area contributed by atoms with Gasteiger partial charge in [-0.1, -0.05) is 24.3 Å². The summed E-state index contributed by atoms with van der Waals surface area (Å²) >= 11 is 0. The Morgan fingerprint density at radius 2 is 2.03 bits per heavy atom. The molecule has 2 N–H and O–H groups in total. The number of nitrogens with one attached hydrogen (secondary N) is 2. The summed E-state index contributed by atoms with van der Waals surface area (Å²) in [6, 6.07) is 14.9. The highest BCUT2D eigenvalue weighted by Crippen LogP contribution is 2.29. The van der Waals surface area contributed by atoms with E-state index in [1.54, 1.807) is 7.11 Å². The summed E-state index contributed by atoms with van der Waals surface area (Å²) in [6.07, 6.45) is 1.12. The van der Waals surface area contributed by atoms with Crippen LogP contribution in [0.5, 0.6) is 11.5 Å². The standard InChI is InChI=1S/C23H31N3O3/c1-4-25-23(27)16-29-21-10-9-18(13-22(21)28-3)15-24-14-17(2)26-12-11-19-7-5-6-8-20(19)26/h5-10,13,17,24H,4,11-12,14-16H2,1-3H3,(H,25,27). The maximum Gasteiger partial charge on any atom is 0.257 e. The van der Waals surface area contributed by atoms with Gasteiger partial charge in [-0.15, -0.1) is 0 Å². The Labute approximate surface area is 173 Å². The predicted octanol–water partition coefficient (Wildman–Crippen LogP) is 2.75. The number of fused-ring (bicyclic) bond motifs is 1. The van der Waals surface area contributed by atoms with Gasteiger partial charge in [-0.3, -0.25) is 4.79 Å². The highest BCUT2D eigenvalue weighted by Gasteiger charge is 2.22. The molecule has 29 heavy (non-hydrogen) atoms. The molecule has 3 rings (SSSR count). The third-order valence-electron chi connectivity index (χ3n) is 5.18. The van der Waals surface area contributed by atoms with Crippen molar-refractivity contribution in [3.8, 4) is 11.5 Å². The van der Waals surface area contributed by atoms with Gasteiger partial charge in [0.15, 0.2) is 18.1 Å². The second-order valence-electron chi connectivity index (χ2n) is 7.28. The van der Waals surface area contributed by atoms with E-state index >= 15 is 0 Å². The molecule has 0 fully saturated rings. The molecule has 1 amide bonds. The summed E-state index contributed by atoms with van der Waals surface area (Å²) in [7, 11) is 1.61. The zero-order valence-electron chi connectivity index (χ0n) is 17.5. The van der Waals surface area contributed by atoms with Crippen LogP contribution in [0.3, 0.4) is 0 Å². The molecule has 0 aliphatic carbocycles. The molecular weight excluding hydrogens is 366 g/mol. The number of ether oxygens (including phenoxy) is 2. The number of carbonyl (C=O) groups excluding carboxylic acids is 1. The Hall–Kier alpha value is -2.73. The maximum absolute atomic E-state index is 11.6. The van der Waals surface area contributed by atoms with Gasteiger partial charge in [0.25, 0.3) is 5.91 Å². The fourth-order valence-corrected chi connectivity index (χ4v) is 3.69. The van der Waals surface area contributed by atoms with E-state index in [2.05, 4.69) is 46.7 Å². The summed E-state index contributed by atoms with van der Waals surface area (Å²) < 4.78 is 11.0. The van der Waals surface area contributed by atoms with Crippen molar-refractivity contribution in [3.05, 3.63) is 53.6 Å². The number of nitrogens with zero attached hydrogens (tertiary/aromatic N) is 1. The lowest BCUT2D eigenvalue weighted by Crippen LogP contribution is -2.39. The maximum atomic E-state index is 11.6. The van der Waals surface area contributed by atoms with E-state index in [9.17, 15) is 4.79 Å². The quantitative estimate of drug-likeness (QED) is 0.646. The van der Waals surface area contributed by atoms with E-state index in [1.807, 2.05) is 25.1 Å². The molecule has 6 nitrogen and oxygen atoms in total. The van der Waals surface area contributed by atoms with Crippen molar-refractivity contribution in [1.82, 2.24) is 10.6 Å². The van der Waals surface area contributed by atoms with E-state index in [-0.39, 0.29) is 12.5 Å². The van der Waals surface area contributed by atoms with Crippen LogP contribution in [-0.4, -0.2) is 45.3 Å². The molecule has 0 saturated carbocycles. The van der Waals surface area contributed by atoms with Crippen molar-refractivity contribution in [2.75, 3.05) is 38.3 Å². The van der Waals surface area contributed by atoms with Crippen molar-refractivity contribution in [2.45, 2.75) is 32.9 Å². The van der Waals surface area contributed by atoms with Crippen LogP contribution in [0.2, 0.25) is 0 Å². The molecule has 2 aromatic carbocycles. The SMILES string of the molecule is CCNC(=O)COc1ccc(CNCC(C)N2CCc3ccccc32)cc1OC. The van der Waals surface area contributed by atoms with Crippen LogP contribution in [0.1, 0.15) is 25.0 Å². The molecule has 1 heterocycles. The van der Waals surface area contributed by atoms with Crippen molar-refractivity contribution >= 4 is 11.6 Å². The van der Waals surface area contributed by atoms with Crippen LogP contribution in [0.4, 0.5) is 5.69 Å². The predicted molar refractivity (Wildman–Crippen MR) is 116 cm³/mol. The van der Waals surface area contributed by atoms with Crippen molar-refractivity contribution < 1.29 is 14.3 Å². The first-order chi connectivity index (χ1) is 14.1. The monoisotopic (exact) mass is 397 g/mol. The number of rotatable bonds is 10. The summed E-state index contributed by atoms with van der Waals surface area (Å²) in [5.74, 6) is 1.07. The third-order valence-corrected chi connectivity index (χ3v) is 5.18. The topological polar surface area (TPSA) is 62.8 Å². The smallest absolute Gasteiger partial charge is 0.257 e. The molecule has 2 aromatic rings. The highest BCUT2D eigenvalue weighted by atomic mass is 16.5. The minimum Gasteiger partial charge on any atom is -0.493 e. The summed E-state index contributed by atoms with van der Waals surface area (Å²) in [5, 5.41) is 6.26. The van der Waals surface area contributed by atoms with Gasteiger partial charge >= 0.3 is 0 Å². The van der Waals surface area contributed by atoms with Crippen LogP contribution in [0.15, 0.2) is 42.5 Å². The summed E-state index contributed by atoms with van der Waals surface area (Å²) in [6.45, 7) is 7.42. The van der Waals surface area contributed by atoms with E-state index in [1.165, 1.54) is 11.3 Å². The number of methoxy groups -OCH3 is 1. The molecule has 0 saturated heterocycles. The number of para-hydroxylation sites is 1. The van der Waals surface area contributed by atoms with Gasteiger partial charge < -0.3 is 25.0 Å². The largest absolute Gasteiger partial charge is 0.493 e. The van der Waals surface area contributed by atoms with Gasteiger partial charge in [0.05, 0.1) is 7.11 Å². The molecule has 0 radical (unpaired) electrons. The van der Waals surface area contributed by atoms with E-state index < -0.39 is 0 Å². The Kier molecular flexibility index (Phi) is 7.36. The van der Waals surface area contributed by atoms with Gasteiger partial charge in [-0.05, 0) is 49.6 Å². The molecule has 1 atom stereocenters. The fourth-order valence-electron chi connectivity index (χ4n) is 3.69. The number of likely N-dealkylation sites (N-methyl/N-ethyl adjacent to an activating group) is 1. The Morgan fingerprint density at radius 1 is 1.21 bits per heavy atom. The lowest BCUT2D eigenvalue weighted by molar-refractivity contribution is -0.123. The summed E-state index contributed by atoms with van der Waals surface area (Å²) in [4.78, 5) is 14.1. The van der Waals surface area contributed by atoms with E-state index in [0.29, 0.717) is 24.1 Å². The minimum absolute atomic E-state index is 0.0172. The molecule has 1 unspecified atom stereocenters. The normalized spacial score (nSPS) is 13.7. The van der Waals surface area contributed by atoms with Crippen molar-refractivity contribution in [3.63, 3.8) is 0 Å². The molecule has 0 aromatic heterocycles. The molecule has 0 spiro atoms. The average molecular weight is 398 g/mol. The van der Waals surface area contributed by atoms with Gasteiger partial charge in [-0.2, -0.15) is 0 Å². The lowest BCUT2D eigenvalue weighted by Gasteiger charge is -2.27. The summed E-state index contributed by atoms with van der Waals surface area (Å²) in [5.41, 5.74) is 3.91. The second kappa shape index (κ2) is 10.2. The first kappa shape index (κ1) is 21.0. The van der Waals surface area contributed by atoms with Gasteiger partial charge in [-0.25, -0.2) is 0 Å². The molecular formula is C23H31N3O3. The van der Waals surface area contributed by atoms with Crippen molar-refractivity contribution in [2.24, 2.45) is 0 Å². The number of amides is 1. The molecule has 6 heteroatoms. The van der Waals surface area contributed by atoms with Crippen LogP contribution in [0.25, 0.3) is 0 Å². The molecule has 0 bridgehead atoms. The number of hydrogen-bond donors (Lipinski definition) is 2. The Bertz CT molecular complexity index is 825. The molecule has 1 aliphatic rings. The zero-order valence-corrected chi connectivity index (χ0v) is 17.5. The Morgan fingerprint density at radius 3 is 2.83 bits per heavy atom. The third kappa shape index (κ3) is 5.41. The van der Waals surface area contributed by atoms with Crippen LogP contribution < -0.4 is 25.0 Å². The second-order valence-corrected chi connectivity index (χ2v) is 7.28. The van der Waals surface area contributed by atoms with E-state index in [4.69, 9.17) is 9.47 Å². The average Bonchev–Trinajstić information content (AvgIpc) is 3.17. The van der Waals surface area contributed by atoms with Gasteiger partial charge in [0, 0.05) is 37.9 Å². The van der Waals surface area contributed by atoms with Crippen molar-refractivity contribution in [1.29, 1.82) is 0 Å². The van der Waals surface area contributed by atoms with Crippen LogP contribution >= 0.6 is 0 Å². The first-order valence-corrected chi connectivity index (χ1v) is 10.2. The Balaban J connectivity index is 1.51. The zero-order chi connectivity index (χ0) is 20.6. The molecule has 1 aliphatic heterocycles. The number of carbonyl (C=O) groups is 1. The minimum atomic E-state index is -0.141. The molecule has 156 valence electrons. The highest BCUT2D eigenvalue weighted by molar-refractivity contribution is 5.77. The number of hydrogen-bond acceptors (Lipinski definition) is 5. The fraction of sp³-hybridized carbons (Fsp3) is 0.435. The number of anilines is 1. The number of benzene rings is 2. The van der Waals surface area contributed by atoms with E-state index in [0.717, 1.165) is 31.6 Å².